The molecule has 2 N–H and O–H groups in total. The number of benzene rings is 1. The van der Waals surface area contributed by atoms with Crippen LogP contribution in [-0.2, 0) is 26.7 Å². The van der Waals surface area contributed by atoms with Crippen molar-refractivity contribution in [2.24, 2.45) is 12.0 Å². The molecule has 7 heteroatoms. The van der Waals surface area contributed by atoms with Crippen LogP contribution >= 0.6 is 0 Å². The van der Waals surface area contributed by atoms with Crippen molar-refractivity contribution in [3.8, 4) is 0 Å². The van der Waals surface area contributed by atoms with E-state index in [2.05, 4.69) is 38.0 Å². The number of guanidine groups is 1. The number of hydrogen-bond donors (Lipinski definition) is 2. The van der Waals surface area contributed by atoms with Gasteiger partial charge in [-0.25, -0.2) is 4.99 Å². The topological polar surface area (TPSA) is 80.3 Å². The van der Waals surface area contributed by atoms with Gasteiger partial charge < -0.3 is 19.6 Å². The zero-order valence-electron chi connectivity index (χ0n) is 14.4. The van der Waals surface area contributed by atoms with Gasteiger partial charge in [-0.05, 0) is 24.6 Å². The van der Waals surface area contributed by atoms with Crippen molar-refractivity contribution in [3.05, 3.63) is 71.7 Å². The molecule has 3 rings (SSSR count). The zero-order chi connectivity index (χ0) is 17.5. The molecule has 0 saturated carbocycles. The van der Waals surface area contributed by atoms with Gasteiger partial charge in [0, 0.05) is 7.05 Å². The van der Waals surface area contributed by atoms with Crippen molar-refractivity contribution in [2.75, 3.05) is 0 Å². The molecule has 0 aliphatic heterocycles. The van der Waals surface area contributed by atoms with Crippen molar-refractivity contribution in [1.82, 2.24) is 25.4 Å². The first-order valence-electron chi connectivity index (χ1n) is 8.16. The van der Waals surface area contributed by atoms with Crippen molar-refractivity contribution < 1.29 is 4.42 Å². The van der Waals surface area contributed by atoms with Gasteiger partial charge in [0.15, 0.2) is 11.8 Å². The number of hydrogen-bond acceptors (Lipinski definition) is 4. The molecule has 0 amide bonds. The summed E-state index contributed by atoms with van der Waals surface area (Å²) in [5.41, 5.74) is 1.15. The summed E-state index contributed by atoms with van der Waals surface area (Å²) in [5, 5.41) is 14.8. The van der Waals surface area contributed by atoms with Crippen LogP contribution in [-0.4, -0.2) is 20.7 Å². The van der Waals surface area contributed by atoms with Crippen LogP contribution in [0, 0.1) is 6.92 Å². The fraction of sp³-hybridized carbons (Fsp3) is 0.278. The van der Waals surface area contributed by atoms with E-state index in [-0.39, 0.29) is 0 Å². The molecule has 130 valence electrons. The lowest BCUT2D eigenvalue weighted by Crippen LogP contribution is -2.37. The molecule has 7 nitrogen and oxygen atoms in total. The highest BCUT2D eigenvalue weighted by Crippen LogP contribution is 2.02. The van der Waals surface area contributed by atoms with Gasteiger partial charge in [0.1, 0.15) is 11.6 Å². The third kappa shape index (κ3) is 4.69. The molecule has 2 aromatic heterocycles. The first-order valence-corrected chi connectivity index (χ1v) is 8.16. The molecule has 0 saturated heterocycles. The normalized spacial score (nSPS) is 11.5. The molecule has 0 bridgehead atoms. The number of aliphatic imine (C=N–C) groups is 1. The lowest BCUT2D eigenvalue weighted by Gasteiger charge is -2.12. The maximum atomic E-state index is 5.36. The predicted molar refractivity (Wildman–Crippen MR) is 95.7 cm³/mol. The van der Waals surface area contributed by atoms with Gasteiger partial charge in [0.25, 0.3) is 0 Å². The van der Waals surface area contributed by atoms with Crippen LogP contribution in [0.3, 0.4) is 0 Å². The first kappa shape index (κ1) is 16.8. The van der Waals surface area contributed by atoms with E-state index in [4.69, 9.17) is 4.42 Å². The minimum Gasteiger partial charge on any atom is -0.467 e. The Morgan fingerprint density at radius 3 is 2.56 bits per heavy atom. The molecule has 0 aliphatic carbocycles. The highest BCUT2D eigenvalue weighted by Gasteiger charge is 2.07. The van der Waals surface area contributed by atoms with E-state index in [0.717, 1.165) is 23.0 Å². The van der Waals surface area contributed by atoms with Gasteiger partial charge in [-0.3, -0.25) is 0 Å². The van der Waals surface area contributed by atoms with Crippen molar-refractivity contribution >= 4 is 5.96 Å². The van der Waals surface area contributed by atoms with E-state index in [1.165, 1.54) is 0 Å². The van der Waals surface area contributed by atoms with Crippen molar-refractivity contribution in [2.45, 2.75) is 26.6 Å². The molecule has 0 spiro atoms. The van der Waals surface area contributed by atoms with Crippen LogP contribution in [0.5, 0.6) is 0 Å². The highest BCUT2D eigenvalue weighted by atomic mass is 16.3. The van der Waals surface area contributed by atoms with E-state index in [1.54, 1.807) is 6.26 Å². The Hall–Kier alpha value is -3.09. The van der Waals surface area contributed by atoms with Crippen LogP contribution in [0.25, 0.3) is 0 Å². The number of rotatable bonds is 6. The molecular weight excluding hydrogens is 316 g/mol. The van der Waals surface area contributed by atoms with Gasteiger partial charge in [-0.1, -0.05) is 30.3 Å². The van der Waals surface area contributed by atoms with Crippen LogP contribution in [0.4, 0.5) is 0 Å². The Bertz CT molecular complexity index is 807. The second kappa shape index (κ2) is 8.14. The van der Waals surface area contributed by atoms with Crippen LogP contribution in [0.15, 0.2) is 58.1 Å². The van der Waals surface area contributed by atoms with E-state index < -0.39 is 0 Å². The Morgan fingerprint density at radius 1 is 1.08 bits per heavy atom. The minimum absolute atomic E-state index is 0.538. The number of aromatic nitrogens is 3. The van der Waals surface area contributed by atoms with E-state index in [0.29, 0.717) is 25.6 Å². The fourth-order valence-electron chi connectivity index (χ4n) is 2.28. The maximum absolute atomic E-state index is 5.36. The first-order chi connectivity index (χ1) is 12.2. The number of nitrogens with one attached hydrogen (secondary N) is 2. The molecule has 0 aliphatic rings. The minimum atomic E-state index is 0.538. The Morgan fingerprint density at radius 2 is 1.88 bits per heavy atom. The monoisotopic (exact) mass is 338 g/mol. The zero-order valence-corrected chi connectivity index (χ0v) is 14.4. The average molecular weight is 338 g/mol. The van der Waals surface area contributed by atoms with Crippen molar-refractivity contribution in [1.29, 1.82) is 0 Å². The van der Waals surface area contributed by atoms with Crippen LogP contribution in [0.1, 0.15) is 23.0 Å². The molecule has 2 heterocycles. The quantitative estimate of drug-likeness (QED) is 0.532. The van der Waals surface area contributed by atoms with Gasteiger partial charge in [-0.15, -0.1) is 10.2 Å². The molecule has 3 aromatic rings. The molecule has 0 radical (unpaired) electrons. The van der Waals surface area contributed by atoms with E-state index >= 15 is 0 Å². The fourth-order valence-corrected chi connectivity index (χ4v) is 2.28. The summed E-state index contributed by atoms with van der Waals surface area (Å²) in [6, 6.07) is 13.9. The molecule has 0 unspecified atom stereocenters. The second-order valence-corrected chi connectivity index (χ2v) is 5.66. The summed E-state index contributed by atoms with van der Waals surface area (Å²) < 4.78 is 7.31. The number of aryl methyl sites for hydroxylation is 1. The third-order valence-electron chi connectivity index (χ3n) is 3.87. The highest BCUT2D eigenvalue weighted by molar-refractivity contribution is 5.79. The summed E-state index contributed by atoms with van der Waals surface area (Å²) in [4.78, 5) is 4.64. The molecule has 25 heavy (non-hydrogen) atoms. The van der Waals surface area contributed by atoms with Gasteiger partial charge in [-0.2, -0.15) is 0 Å². The van der Waals surface area contributed by atoms with E-state index in [1.807, 2.05) is 48.9 Å². The second-order valence-electron chi connectivity index (χ2n) is 5.66. The van der Waals surface area contributed by atoms with Crippen molar-refractivity contribution in [3.63, 3.8) is 0 Å². The largest absolute Gasteiger partial charge is 0.467 e. The van der Waals surface area contributed by atoms with Crippen LogP contribution < -0.4 is 10.6 Å². The molecule has 0 fully saturated rings. The molecule has 0 atom stereocenters. The van der Waals surface area contributed by atoms with E-state index in [9.17, 15) is 0 Å². The maximum Gasteiger partial charge on any atom is 0.192 e. The Balaban J connectivity index is 1.65. The SMILES string of the molecule is Cc1nnc(CNC(=NCc2ccccc2)NCc2ccco2)n1C. The Labute approximate surface area is 146 Å². The number of furan rings is 1. The van der Waals surface area contributed by atoms with Gasteiger partial charge in [0.2, 0.25) is 0 Å². The third-order valence-corrected chi connectivity index (χ3v) is 3.87. The lowest BCUT2D eigenvalue weighted by atomic mass is 10.2. The predicted octanol–water partition coefficient (Wildman–Crippen LogP) is 2.15. The smallest absolute Gasteiger partial charge is 0.192 e. The van der Waals surface area contributed by atoms with Gasteiger partial charge >= 0.3 is 0 Å². The van der Waals surface area contributed by atoms with Crippen LogP contribution in [0.2, 0.25) is 0 Å². The lowest BCUT2D eigenvalue weighted by molar-refractivity contribution is 0.501. The summed E-state index contributed by atoms with van der Waals surface area (Å²) in [7, 11) is 1.95. The molecular formula is C18H22N6O. The molecule has 1 aromatic carbocycles. The standard InChI is InChI=1S/C18H22N6O/c1-14-22-23-17(24(14)2)13-21-18(20-12-16-9-6-10-25-16)19-11-15-7-4-3-5-8-15/h3-10H,11-13H2,1-2H3,(H2,19,20,21). The van der Waals surface area contributed by atoms with Gasteiger partial charge in [0.05, 0.1) is 25.9 Å². The summed E-state index contributed by atoms with van der Waals surface area (Å²) in [5.74, 6) is 3.28. The Kier molecular flexibility index (Phi) is 5.46. The summed E-state index contributed by atoms with van der Waals surface area (Å²) in [6.07, 6.45) is 1.66. The average Bonchev–Trinajstić information content (AvgIpc) is 3.27. The number of nitrogens with zero attached hydrogens (tertiary/aromatic N) is 4. The summed E-state index contributed by atoms with van der Waals surface area (Å²) in [6.45, 7) is 3.61. The summed E-state index contributed by atoms with van der Waals surface area (Å²) >= 11 is 0.